The zero-order valence-electron chi connectivity index (χ0n) is 10.1. The third-order valence-electron chi connectivity index (χ3n) is 2.50. The lowest BCUT2D eigenvalue weighted by Crippen LogP contribution is -2.19. The lowest BCUT2D eigenvalue weighted by atomic mass is 10.0. The number of benzene rings is 1. The number of rotatable bonds is 7. The second kappa shape index (κ2) is 7.25. The largest absolute Gasteiger partial charge is 0.491 e. The van der Waals surface area contributed by atoms with Gasteiger partial charge in [-0.15, -0.1) is 0 Å². The molecule has 90 valence electrons. The maximum absolute atomic E-state index is 8.64. The highest BCUT2D eigenvalue weighted by Crippen LogP contribution is 2.19. The molecule has 0 saturated carbocycles. The van der Waals surface area contributed by atoms with Crippen molar-refractivity contribution in [1.29, 1.82) is 0 Å². The van der Waals surface area contributed by atoms with E-state index in [1.807, 2.05) is 12.1 Å². The minimum Gasteiger partial charge on any atom is -0.491 e. The summed E-state index contributed by atoms with van der Waals surface area (Å²) in [6.07, 6.45) is 1.07. The van der Waals surface area contributed by atoms with E-state index in [0.29, 0.717) is 12.6 Å². The van der Waals surface area contributed by atoms with Crippen LogP contribution in [0.2, 0.25) is 0 Å². The summed E-state index contributed by atoms with van der Waals surface area (Å²) in [5.41, 5.74) is 1.28. The van der Waals surface area contributed by atoms with Gasteiger partial charge >= 0.3 is 0 Å². The molecule has 3 nitrogen and oxygen atoms in total. The van der Waals surface area contributed by atoms with Gasteiger partial charge in [-0.2, -0.15) is 0 Å². The van der Waals surface area contributed by atoms with Gasteiger partial charge in [0.25, 0.3) is 0 Å². The van der Waals surface area contributed by atoms with E-state index >= 15 is 0 Å². The summed E-state index contributed by atoms with van der Waals surface area (Å²) in [4.78, 5) is 0. The van der Waals surface area contributed by atoms with Gasteiger partial charge in [0.2, 0.25) is 0 Å². The molecular formula is C13H21NO2. The Hall–Kier alpha value is -1.06. The molecule has 0 saturated heterocycles. The normalized spacial score (nSPS) is 12.4. The van der Waals surface area contributed by atoms with Crippen LogP contribution in [0, 0.1) is 0 Å². The lowest BCUT2D eigenvalue weighted by molar-refractivity contribution is 0.201. The van der Waals surface area contributed by atoms with Gasteiger partial charge in [0, 0.05) is 6.04 Å². The molecule has 0 aliphatic rings. The molecule has 0 bridgehead atoms. The van der Waals surface area contributed by atoms with E-state index < -0.39 is 0 Å². The minimum atomic E-state index is 0.0523. The van der Waals surface area contributed by atoms with Crippen LogP contribution in [-0.2, 0) is 0 Å². The molecule has 2 N–H and O–H groups in total. The lowest BCUT2D eigenvalue weighted by Gasteiger charge is -2.16. The van der Waals surface area contributed by atoms with Gasteiger partial charge in [0.05, 0.1) is 6.61 Å². The zero-order chi connectivity index (χ0) is 11.8. The average Bonchev–Trinajstić information content (AvgIpc) is 2.34. The first-order valence-electron chi connectivity index (χ1n) is 5.88. The van der Waals surface area contributed by atoms with Gasteiger partial charge in [0.15, 0.2) is 0 Å². The Morgan fingerprint density at radius 3 is 2.44 bits per heavy atom. The van der Waals surface area contributed by atoms with Crippen molar-refractivity contribution in [2.24, 2.45) is 0 Å². The second-order valence-corrected chi connectivity index (χ2v) is 3.66. The molecule has 0 radical (unpaired) electrons. The summed E-state index contributed by atoms with van der Waals surface area (Å²) < 4.78 is 5.31. The monoisotopic (exact) mass is 223 g/mol. The second-order valence-electron chi connectivity index (χ2n) is 3.66. The fourth-order valence-corrected chi connectivity index (χ4v) is 1.70. The SMILES string of the molecule is CCNC(CC)c1ccc(OCCO)cc1. The van der Waals surface area contributed by atoms with Crippen LogP contribution in [0.5, 0.6) is 5.75 Å². The van der Waals surface area contributed by atoms with Crippen LogP contribution in [-0.4, -0.2) is 24.9 Å². The zero-order valence-corrected chi connectivity index (χ0v) is 10.1. The Morgan fingerprint density at radius 2 is 1.94 bits per heavy atom. The number of aliphatic hydroxyl groups excluding tert-OH is 1. The predicted molar refractivity (Wildman–Crippen MR) is 65.7 cm³/mol. The first-order chi connectivity index (χ1) is 7.81. The molecule has 0 aliphatic heterocycles. The van der Waals surface area contributed by atoms with Gasteiger partial charge < -0.3 is 15.2 Å². The third kappa shape index (κ3) is 3.83. The molecular weight excluding hydrogens is 202 g/mol. The molecule has 1 unspecified atom stereocenters. The molecule has 0 fully saturated rings. The highest BCUT2D eigenvalue weighted by Gasteiger charge is 2.06. The van der Waals surface area contributed by atoms with E-state index in [9.17, 15) is 0 Å². The molecule has 1 atom stereocenters. The van der Waals surface area contributed by atoms with Crippen LogP contribution in [0.15, 0.2) is 24.3 Å². The summed E-state index contributed by atoms with van der Waals surface area (Å²) in [5, 5.41) is 12.1. The molecule has 1 rings (SSSR count). The van der Waals surface area contributed by atoms with Crippen molar-refractivity contribution in [1.82, 2.24) is 5.32 Å². The topological polar surface area (TPSA) is 41.5 Å². The van der Waals surface area contributed by atoms with E-state index in [1.54, 1.807) is 0 Å². The van der Waals surface area contributed by atoms with Crippen LogP contribution in [0.4, 0.5) is 0 Å². The summed E-state index contributed by atoms with van der Waals surface area (Å²) in [6.45, 7) is 5.66. The Bertz CT molecular complexity index is 284. The van der Waals surface area contributed by atoms with Crippen molar-refractivity contribution in [3.8, 4) is 5.75 Å². The molecule has 0 aliphatic carbocycles. The van der Waals surface area contributed by atoms with E-state index in [4.69, 9.17) is 9.84 Å². The number of ether oxygens (including phenoxy) is 1. The minimum absolute atomic E-state index is 0.0523. The van der Waals surface area contributed by atoms with E-state index in [1.165, 1.54) is 5.56 Å². The van der Waals surface area contributed by atoms with E-state index in [0.717, 1.165) is 18.7 Å². The van der Waals surface area contributed by atoms with Gasteiger partial charge in [-0.3, -0.25) is 0 Å². The average molecular weight is 223 g/mol. The molecule has 0 aromatic heterocycles. The summed E-state index contributed by atoms with van der Waals surface area (Å²) in [6, 6.07) is 8.46. The molecule has 0 heterocycles. The molecule has 0 amide bonds. The third-order valence-corrected chi connectivity index (χ3v) is 2.50. The fraction of sp³-hybridized carbons (Fsp3) is 0.538. The van der Waals surface area contributed by atoms with Crippen molar-refractivity contribution in [3.05, 3.63) is 29.8 Å². The van der Waals surface area contributed by atoms with Gasteiger partial charge in [0.1, 0.15) is 12.4 Å². The van der Waals surface area contributed by atoms with Gasteiger partial charge in [-0.25, -0.2) is 0 Å². The van der Waals surface area contributed by atoms with E-state index in [2.05, 4.69) is 31.3 Å². The number of nitrogens with one attached hydrogen (secondary N) is 1. The first kappa shape index (κ1) is 13.0. The van der Waals surface area contributed by atoms with Crippen LogP contribution in [0.25, 0.3) is 0 Å². The molecule has 1 aromatic carbocycles. The Morgan fingerprint density at radius 1 is 1.25 bits per heavy atom. The summed E-state index contributed by atoms with van der Waals surface area (Å²) in [7, 11) is 0. The molecule has 0 spiro atoms. The van der Waals surface area contributed by atoms with Gasteiger partial charge in [-0.1, -0.05) is 26.0 Å². The number of hydrogen-bond acceptors (Lipinski definition) is 3. The van der Waals surface area contributed by atoms with Crippen molar-refractivity contribution in [3.63, 3.8) is 0 Å². The van der Waals surface area contributed by atoms with E-state index in [-0.39, 0.29) is 6.61 Å². The van der Waals surface area contributed by atoms with Crippen LogP contribution in [0.1, 0.15) is 31.9 Å². The first-order valence-corrected chi connectivity index (χ1v) is 5.88. The highest BCUT2D eigenvalue weighted by molar-refractivity contribution is 5.29. The van der Waals surface area contributed by atoms with Crippen molar-refractivity contribution < 1.29 is 9.84 Å². The number of hydrogen-bond donors (Lipinski definition) is 2. The Labute approximate surface area is 97.4 Å². The fourth-order valence-electron chi connectivity index (χ4n) is 1.70. The molecule has 3 heteroatoms. The number of aliphatic hydroxyl groups is 1. The van der Waals surface area contributed by atoms with Crippen molar-refractivity contribution in [2.45, 2.75) is 26.3 Å². The maximum atomic E-state index is 8.64. The maximum Gasteiger partial charge on any atom is 0.119 e. The standard InChI is InChI=1S/C13H21NO2/c1-3-13(14-4-2)11-5-7-12(8-6-11)16-10-9-15/h5-8,13-15H,3-4,9-10H2,1-2H3. The van der Waals surface area contributed by atoms with Crippen molar-refractivity contribution >= 4 is 0 Å². The van der Waals surface area contributed by atoms with Crippen molar-refractivity contribution in [2.75, 3.05) is 19.8 Å². The van der Waals surface area contributed by atoms with Crippen LogP contribution < -0.4 is 10.1 Å². The predicted octanol–water partition coefficient (Wildman–Crippen LogP) is 2.12. The Kier molecular flexibility index (Phi) is 5.90. The van der Waals surface area contributed by atoms with Gasteiger partial charge in [-0.05, 0) is 30.7 Å². The Balaban J connectivity index is 2.61. The smallest absolute Gasteiger partial charge is 0.119 e. The quantitative estimate of drug-likeness (QED) is 0.744. The van der Waals surface area contributed by atoms with Crippen LogP contribution >= 0.6 is 0 Å². The summed E-state index contributed by atoms with van der Waals surface area (Å²) in [5.74, 6) is 0.809. The molecule has 16 heavy (non-hydrogen) atoms. The summed E-state index contributed by atoms with van der Waals surface area (Å²) >= 11 is 0. The highest BCUT2D eigenvalue weighted by atomic mass is 16.5. The molecule has 1 aromatic rings. The van der Waals surface area contributed by atoms with Crippen LogP contribution in [0.3, 0.4) is 0 Å².